The number of rotatable bonds is 4. The van der Waals surface area contributed by atoms with E-state index < -0.39 is 27.7 Å². The van der Waals surface area contributed by atoms with Crippen molar-refractivity contribution in [1.82, 2.24) is 30.0 Å². The number of imidazole rings is 1. The van der Waals surface area contributed by atoms with E-state index in [1.807, 2.05) is 0 Å². The molecule has 0 aliphatic carbocycles. The molecule has 0 aromatic carbocycles. The third kappa shape index (κ3) is 3.90. The van der Waals surface area contributed by atoms with E-state index in [1.165, 1.54) is 37.7 Å². The van der Waals surface area contributed by atoms with E-state index in [1.54, 1.807) is 0 Å². The summed E-state index contributed by atoms with van der Waals surface area (Å²) in [6, 6.07) is 2.67. The predicted octanol–water partition coefficient (Wildman–Crippen LogP) is 1.99. The first-order chi connectivity index (χ1) is 14.0. The van der Waals surface area contributed by atoms with Crippen molar-refractivity contribution in [3.8, 4) is 11.5 Å². The highest BCUT2D eigenvalue weighted by Gasteiger charge is 2.34. The average molecular weight is 443 g/mol. The van der Waals surface area contributed by atoms with Crippen LogP contribution in [0, 0.1) is 0 Å². The molecule has 0 saturated heterocycles. The molecule has 0 saturated carbocycles. The number of anilines is 1. The first-order valence-corrected chi connectivity index (χ1v) is 10.1. The minimum Gasteiger partial charge on any atom is -0.341 e. The van der Waals surface area contributed by atoms with Gasteiger partial charge in [0.05, 0.1) is 10.6 Å². The Kier molecular flexibility index (Phi) is 5.36. The second-order valence-electron chi connectivity index (χ2n) is 6.08. The molecule has 0 aliphatic rings. The number of sulfone groups is 1. The van der Waals surface area contributed by atoms with Crippen molar-refractivity contribution < 1.29 is 26.4 Å². The van der Waals surface area contributed by atoms with E-state index in [4.69, 9.17) is 0 Å². The number of carbonyl (C=O) groups excluding carboxylic acids is 1. The quantitative estimate of drug-likeness (QED) is 0.630. The molecule has 3 aromatic rings. The number of alkyl halides is 3. The fraction of sp³-hybridized carbons (Fsp3) is 0.312. The van der Waals surface area contributed by atoms with Gasteiger partial charge in [0, 0.05) is 20.2 Å². The van der Waals surface area contributed by atoms with E-state index in [-0.39, 0.29) is 39.1 Å². The van der Waals surface area contributed by atoms with Crippen molar-refractivity contribution in [1.29, 1.82) is 0 Å². The third-order valence-electron chi connectivity index (χ3n) is 4.16. The molecule has 3 aromatic heterocycles. The summed E-state index contributed by atoms with van der Waals surface area (Å²) in [6.07, 6.45) is -4.72. The molecule has 0 unspecified atom stereocenters. The molecule has 0 bridgehead atoms. The Morgan fingerprint density at radius 3 is 2.50 bits per heavy atom. The van der Waals surface area contributed by atoms with Gasteiger partial charge in [-0.15, -0.1) is 10.2 Å². The normalized spacial score (nSPS) is 12.2. The van der Waals surface area contributed by atoms with Crippen LogP contribution in [0.4, 0.5) is 23.8 Å². The maximum absolute atomic E-state index is 12.9. The van der Waals surface area contributed by atoms with Gasteiger partial charge in [0.15, 0.2) is 27.0 Å². The van der Waals surface area contributed by atoms with Crippen LogP contribution < -0.4 is 10.6 Å². The molecule has 0 atom stereocenters. The van der Waals surface area contributed by atoms with E-state index in [0.29, 0.717) is 6.07 Å². The molecule has 0 aliphatic heterocycles. The number of aryl methyl sites for hydroxylation is 1. The number of nitrogens with one attached hydrogen (secondary N) is 2. The van der Waals surface area contributed by atoms with Gasteiger partial charge in [0.1, 0.15) is 17.0 Å². The van der Waals surface area contributed by atoms with Gasteiger partial charge >= 0.3 is 12.2 Å². The van der Waals surface area contributed by atoms with Crippen molar-refractivity contribution >= 4 is 32.9 Å². The molecule has 3 rings (SSSR count). The van der Waals surface area contributed by atoms with Gasteiger partial charge in [-0.25, -0.2) is 23.2 Å². The fourth-order valence-electron chi connectivity index (χ4n) is 2.60. The lowest BCUT2D eigenvalue weighted by molar-refractivity contribution is -0.141. The topological polar surface area (TPSA) is 132 Å². The Morgan fingerprint density at radius 1 is 1.20 bits per heavy atom. The molecule has 0 spiro atoms. The van der Waals surface area contributed by atoms with E-state index >= 15 is 0 Å². The number of aromatic nitrogens is 5. The summed E-state index contributed by atoms with van der Waals surface area (Å²) in [7, 11) is -0.950. The van der Waals surface area contributed by atoms with Crippen LogP contribution in [0.2, 0.25) is 0 Å². The Labute approximate surface area is 168 Å². The molecule has 2 N–H and O–H groups in total. The largest absolute Gasteiger partial charge is 0.435 e. The van der Waals surface area contributed by atoms with Crippen LogP contribution in [-0.4, -0.2) is 52.0 Å². The van der Waals surface area contributed by atoms with Gasteiger partial charge in [-0.05, 0) is 12.1 Å². The lowest BCUT2D eigenvalue weighted by atomic mass is 10.3. The lowest BCUT2D eigenvalue weighted by Gasteiger charge is -2.11. The summed E-state index contributed by atoms with van der Waals surface area (Å²) in [5.41, 5.74) is -1.51. The molecule has 160 valence electrons. The third-order valence-corrected chi connectivity index (χ3v) is 5.92. The minimum atomic E-state index is -4.72. The number of carbonyl (C=O) groups is 1. The Balaban J connectivity index is 2.26. The van der Waals surface area contributed by atoms with E-state index in [2.05, 4.69) is 30.8 Å². The van der Waals surface area contributed by atoms with Gasteiger partial charge in [-0.3, -0.25) is 5.32 Å². The smallest absolute Gasteiger partial charge is 0.341 e. The second-order valence-corrected chi connectivity index (χ2v) is 8.33. The van der Waals surface area contributed by atoms with Crippen LogP contribution in [0.15, 0.2) is 23.1 Å². The maximum Gasteiger partial charge on any atom is 0.435 e. The highest BCUT2D eigenvalue weighted by molar-refractivity contribution is 7.91. The second kappa shape index (κ2) is 7.51. The summed E-state index contributed by atoms with van der Waals surface area (Å²) in [6.45, 7) is 1.44. The molecular formula is C16H16F3N7O3S. The first-order valence-electron chi connectivity index (χ1n) is 8.48. The number of pyridine rings is 1. The summed E-state index contributed by atoms with van der Waals surface area (Å²) in [5.74, 6) is -0.272. The van der Waals surface area contributed by atoms with Crippen LogP contribution in [0.3, 0.4) is 0 Å². The van der Waals surface area contributed by atoms with Crippen LogP contribution in [-0.2, 0) is 23.1 Å². The molecule has 2 amide bonds. The van der Waals surface area contributed by atoms with Gasteiger partial charge in [-0.2, -0.15) is 13.2 Å². The van der Waals surface area contributed by atoms with Gasteiger partial charge in [0.25, 0.3) is 0 Å². The van der Waals surface area contributed by atoms with Crippen molar-refractivity contribution in [2.45, 2.75) is 18.0 Å². The highest BCUT2D eigenvalue weighted by atomic mass is 32.2. The van der Waals surface area contributed by atoms with E-state index in [0.717, 1.165) is 0 Å². The number of nitrogens with zero attached hydrogens (tertiary/aromatic N) is 5. The van der Waals surface area contributed by atoms with Crippen LogP contribution in [0.25, 0.3) is 22.7 Å². The standard InChI is InChI=1S/C16H16F3N7O3S/c1-4-30(28,29)9-5-6-11(23-15(27)20-2)22-12(9)14-21-8-7-10(16(17,18)19)24-25-13(8)26(14)3/h5-7H,4H2,1-3H3,(H2,20,22,23,27). The Hall–Kier alpha value is -3.29. The Bertz CT molecular complexity index is 1240. The molecule has 10 nitrogen and oxygen atoms in total. The number of halogens is 3. The summed E-state index contributed by atoms with van der Waals surface area (Å²) < 4.78 is 65.2. The molecule has 14 heteroatoms. The Morgan fingerprint density at radius 2 is 1.90 bits per heavy atom. The maximum atomic E-state index is 12.9. The van der Waals surface area contributed by atoms with Crippen molar-refractivity contribution in [3.63, 3.8) is 0 Å². The highest BCUT2D eigenvalue weighted by Crippen LogP contribution is 2.32. The molecule has 3 heterocycles. The van der Waals surface area contributed by atoms with E-state index in [9.17, 15) is 26.4 Å². The zero-order valence-electron chi connectivity index (χ0n) is 15.9. The van der Waals surface area contributed by atoms with Crippen molar-refractivity contribution in [2.75, 3.05) is 18.1 Å². The molecule has 0 radical (unpaired) electrons. The number of urea groups is 1. The predicted molar refractivity (Wildman–Crippen MR) is 100 cm³/mol. The minimum absolute atomic E-state index is 0.00399. The first kappa shape index (κ1) is 21.4. The number of hydrogen-bond donors (Lipinski definition) is 2. The van der Waals surface area contributed by atoms with Crippen LogP contribution in [0.5, 0.6) is 0 Å². The summed E-state index contributed by atoms with van der Waals surface area (Å²) in [4.78, 5) is 19.7. The van der Waals surface area contributed by atoms with Crippen molar-refractivity contribution in [3.05, 3.63) is 23.9 Å². The summed E-state index contributed by atoms with van der Waals surface area (Å²) in [5, 5.41) is 11.5. The number of hydrogen-bond acceptors (Lipinski definition) is 7. The zero-order valence-corrected chi connectivity index (χ0v) is 16.8. The van der Waals surface area contributed by atoms with Gasteiger partial charge in [0.2, 0.25) is 0 Å². The SMILES string of the molecule is CCS(=O)(=O)c1ccc(NC(=O)NC)nc1-c1nc2cc(C(F)(F)F)nnc2n1C. The number of amides is 2. The van der Waals surface area contributed by atoms with Gasteiger partial charge < -0.3 is 9.88 Å². The lowest BCUT2D eigenvalue weighted by Crippen LogP contribution is -2.25. The average Bonchev–Trinajstić information content (AvgIpc) is 3.03. The number of fused-ring (bicyclic) bond motifs is 1. The van der Waals surface area contributed by atoms with Gasteiger partial charge in [-0.1, -0.05) is 6.92 Å². The molecular weight excluding hydrogens is 427 g/mol. The monoisotopic (exact) mass is 443 g/mol. The molecule has 30 heavy (non-hydrogen) atoms. The molecule has 0 fully saturated rings. The van der Waals surface area contributed by atoms with Crippen molar-refractivity contribution in [2.24, 2.45) is 7.05 Å². The zero-order chi connectivity index (χ0) is 22.3. The summed E-state index contributed by atoms with van der Waals surface area (Å²) >= 11 is 0. The fourth-order valence-corrected chi connectivity index (χ4v) is 3.62. The van der Waals surface area contributed by atoms with Crippen LogP contribution >= 0.6 is 0 Å². The van der Waals surface area contributed by atoms with Crippen LogP contribution in [0.1, 0.15) is 12.6 Å².